The number of fused-ring (bicyclic) bond motifs is 1. The molecule has 0 saturated heterocycles. The summed E-state index contributed by atoms with van der Waals surface area (Å²) in [5.41, 5.74) is 6.43. The SMILES string of the molecule is Br.Cc1ccc(C(=O)CNc2nc3c(C)c(C)ccc3s2)c(C)c1. The van der Waals surface area contributed by atoms with Gasteiger partial charge in [0.15, 0.2) is 10.9 Å². The van der Waals surface area contributed by atoms with Gasteiger partial charge in [-0.3, -0.25) is 4.79 Å². The number of hydrogen-bond acceptors (Lipinski definition) is 4. The van der Waals surface area contributed by atoms with Gasteiger partial charge in [0, 0.05) is 5.56 Å². The van der Waals surface area contributed by atoms with Crippen LogP contribution in [0.4, 0.5) is 5.13 Å². The zero-order valence-electron chi connectivity index (χ0n) is 14.3. The van der Waals surface area contributed by atoms with Crippen LogP contribution in [0, 0.1) is 27.7 Å². The van der Waals surface area contributed by atoms with E-state index in [1.807, 2.05) is 32.0 Å². The highest BCUT2D eigenvalue weighted by atomic mass is 79.9. The summed E-state index contributed by atoms with van der Waals surface area (Å²) in [6.45, 7) is 8.45. The highest BCUT2D eigenvalue weighted by molar-refractivity contribution is 8.93. The first kappa shape index (κ1) is 18.6. The second-order valence-corrected chi connectivity index (χ2v) is 7.00. The molecule has 0 atom stereocenters. The molecular formula is C19H21BrN2OS. The summed E-state index contributed by atoms with van der Waals surface area (Å²) in [7, 11) is 0. The van der Waals surface area contributed by atoms with Gasteiger partial charge < -0.3 is 5.32 Å². The molecule has 0 spiro atoms. The van der Waals surface area contributed by atoms with Gasteiger partial charge in [-0.05, 0) is 50.5 Å². The molecule has 5 heteroatoms. The number of rotatable bonds is 4. The van der Waals surface area contributed by atoms with E-state index in [1.165, 1.54) is 16.7 Å². The van der Waals surface area contributed by atoms with Gasteiger partial charge in [-0.1, -0.05) is 41.2 Å². The normalized spacial score (nSPS) is 10.5. The number of hydrogen-bond donors (Lipinski definition) is 1. The van der Waals surface area contributed by atoms with Crippen molar-refractivity contribution < 1.29 is 4.79 Å². The molecule has 1 aromatic heterocycles. The standard InChI is InChI=1S/C19H20N2OS.BrH/c1-11-5-7-15(13(3)9-11)16(22)10-20-19-21-18-14(4)12(2)6-8-17(18)23-19;/h5-9H,10H2,1-4H3,(H,20,21);1H. The molecule has 0 aliphatic heterocycles. The molecule has 2 aromatic carbocycles. The van der Waals surface area contributed by atoms with E-state index in [0.29, 0.717) is 0 Å². The molecule has 3 nitrogen and oxygen atoms in total. The van der Waals surface area contributed by atoms with Crippen molar-refractivity contribution in [2.75, 3.05) is 11.9 Å². The summed E-state index contributed by atoms with van der Waals surface area (Å²) in [6, 6.07) is 10.1. The summed E-state index contributed by atoms with van der Waals surface area (Å²) in [5, 5.41) is 3.98. The number of carbonyl (C=O) groups is 1. The van der Waals surface area contributed by atoms with Crippen molar-refractivity contribution in [1.29, 1.82) is 0 Å². The molecule has 126 valence electrons. The van der Waals surface area contributed by atoms with E-state index < -0.39 is 0 Å². The van der Waals surface area contributed by atoms with Crippen molar-refractivity contribution in [2.24, 2.45) is 0 Å². The molecule has 0 unspecified atom stereocenters. The summed E-state index contributed by atoms with van der Waals surface area (Å²) >= 11 is 1.59. The van der Waals surface area contributed by atoms with E-state index in [9.17, 15) is 4.79 Å². The minimum absolute atomic E-state index is 0. The van der Waals surface area contributed by atoms with E-state index in [4.69, 9.17) is 0 Å². The van der Waals surface area contributed by atoms with Gasteiger partial charge in [0.1, 0.15) is 0 Å². The number of Topliss-reactive ketones (excluding diaryl/α,β-unsaturated/α-hetero) is 1. The number of aryl methyl sites for hydroxylation is 4. The van der Waals surface area contributed by atoms with Crippen molar-refractivity contribution in [3.63, 3.8) is 0 Å². The zero-order valence-corrected chi connectivity index (χ0v) is 16.8. The Labute approximate surface area is 156 Å². The Morgan fingerprint density at radius 2 is 1.83 bits per heavy atom. The number of halogens is 1. The third-order valence-electron chi connectivity index (χ3n) is 4.17. The first-order valence-electron chi connectivity index (χ1n) is 7.67. The van der Waals surface area contributed by atoms with Crippen LogP contribution in [0.5, 0.6) is 0 Å². The average Bonchev–Trinajstić information content (AvgIpc) is 2.92. The number of anilines is 1. The van der Waals surface area contributed by atoms with Gasteiger partial charge in [-0.15, -0.1) is 17.0 Å². The maximum atomic E-state index is 12.4. The number of nitrogens with zero attached hydrogens (tertiary/aromatic N) is 1. The van der Waals surface area contributed by atoms with Crippen LogP contribution in [0.2, 0.25) is 0 Å². The summed E-state index contributed by atoms with van der Waals surface area (Å²) < 4.78 is 1.15. The van der Waals surface area contributed by atoms with E-state index in [1.54, 1.807) is 11.3 Å². The van der Waals surface area contributed by atoms with Crippen LogP contribution in [0.15, 0.2) is 30.3 Å². The van der Waals surface area contributed by atoms with E-state index in [-0.39, 0.29) is 29.3 Å². The van der Waals surface area contributed by atoms with Crippen LogP contribution in [-0.4, -0.2) is 17.3 Å². The molecule has 0 saturated carbocycles. The molecule has 24 heavy (non-hydrogen) atoms. The van der Waals surface area contributed by atoms with Crippen molar-refractivity contribution in [1.82, 2.24) is 4.98 Å². The predicted molar refractivity (Wildman–Crippen MR) is 108 cm³/mol. The quantitative estimate of drug-likeness (QED) is 0.591. The fourth-order valence-corrected chi connectivity index (χ4v) is 3.60. The Balaban J connectivity index is 0.00000208. The van der Waals surface area contributed by atoms with Crippen molar-refractivity contribution in [3.8, 4) is 0 Å². The molecule has 3 aromatic rings. The Kier molecular flexibility index (Phi) is 5.78. The Hall–Kier alpha value is -1.72. The number of nitrogens with one attached hydrogen (secondary N) is 1. The summed E-state index contributed by atoms with van der Waals surface area (Å²) in [5.74, 6) is 0.0923. The Morgan fingerprint density at radius 1 is 1.08 bits per heavy atom. The molecule has 0 aliphatic carbocycles. The van der Waals surface area contributed by atoms with Gasteiger partial charge >= 0.3 is 0 Å². The average molecular weight is 405 g/mol. The lowest BCUT2D eigenvalue weighted by molar-refractivity contribution is 0.101. The van der Waals surface area contributed by atoms with Crippen LogP contribution in [0.1, 0.15) is 32.6 Å². The second-order valence-electron chi connectivity index (χ2n) is 5.97. The molecule has 0 fully saturated rings. The van der Waals surface area contributed by atoms with E-state index in [0.717, 1.165) is 26.5 Å². The lowest BCUT2D eigenvalue weighted by Crippen LogP contribution is -2.15. The van der Waals surface area contributed by atoms with Gasteiger partial charge in [-0.25, -0.2) is 4.98 Å². The molecule has 1 heterocycles. The van der Waals surface area contributed by atoms with Gasteiger partial charge in [0.05, 0.1) is 16.8 Å². The third-order valence-corrected chi connectivity index (χ3v) is 5.15. The summed E-state index contributed by atoms with van der Waals surface area (Å²) in [6.07, 6.45) is 0. The van der Waals surface area contributed by atoms with Crippen LogP contribution in [0.3, 0.4) is 0 Å². The number of thiazole rings is 1. The third kappa shape index (κ3) is 3.68. The minimum Gasteiger partial charge on any atom is -0.354 e. The first-order valence-corrected chi connectivity index (χ1v) is 8.48. The van der Waals surface area contributed by atoms with Crippen LogP contribution >= 0.6 is 28.3 Å². The van der Waals surface area contributed by atoms with Crippen LogP contribution < -0.4 is 5.32 Å². The van der Waals surface area contributed by atoms with Crippen LogP contribution in [-0.2, 0) is 0 Å². The lowest BCUT2D eigenvalue weighted by atomic mass is 10.0. The molecule has 3 rings (SSSR count). The Morgan fingerprint density at radius 3 is 2.54 bits per heavy atom. The lowest BCUT2D eigenvalue weighted by Gasteiger charge is -2.06. The highest BCUT2D eigenvalue weighted by Crippen LogP contribution is 2.29. The molecule has 0 aliphatic rings. The van der Waals surface area contributed by atoms with E-state index in [2.05, 4.69) is 36.3 Å². The fourth-order valence-electron chi connectivity index (χ4n) is 2.68. The molecular weight excluding hydrogens is 384 g/mol. The van der Waals surface area contributed by atoms with Crippen molar-refractivity contribution >= 4 is 49.4 Å². The zero-order chi connectivity index (χ0) is 16.6. The summed E-state index contributed by atoms with van der Waals surface area (Å²) in [4.78, 5) is 17.0. The Bertz CT molecular complexity index is 902. The second kappa shape index (κ2) is 7.45. The highest BCUT2D eigenvalue weighted by Gasteiger charge is 2.11. The predicted octanol–water partition coefficient (Wildman–Crippen LogP) is 5.40. The number of benzene rings is 2. The maximum Gasteiger partial charge on any atom is 0.184 e. The number of ketones is 1. The number of aromatic nitrogens is 1. The van der Waals surface area contributed by atoms with Crippen molar-refractivity contribution in [2.45, 2.75) is 27.7 Å². The minimum atomic E-state index is 0. The van der Waals surface area contributed by atoms with Gasteiger partial charge in [0.25, 0.3) is 0 Å². The van der Waals surface area contributed by atoms with Crippen LogP contribution in [0.25, 0.3) is 10.2 Å². The molecule has 0 radical (unpaired) electrons. The molecule has 0 amide bonds. The van der Waals surface area contributed by atoms with Gasteiger partial charge in [-0.2, -0.15) is 0 Å². The number of carbonyl (C=O) groups excluding carboxylic acids is 1. The van der Waals surface area contributed by atoms with E-state index >= 15 is 0 Å². The largest absolute Gasteiger partial charge is 0.354 e. The van der Waals surface area contributed by atoms with Crippen molar-refractivity contribution in [3.05, 3.63) is 58.1 Å². The fraction of sp³-hybridized carbons (Fsp3) is 0.263. The first-order chi connectivity index (χ1) is 11.0. The monoisotopic (exact) mass is 404 g/mol. The van der Waals surface area contributed by atoms with Gasteiger partial charge in [0.2, 0.25) is 0 Å². The molecule has 1 N–H and O–H groups in total. The topological polar surface area (TPSA) is 42.0 Å². The maximum absolute atomic E-state index is 12.4. The molecule has 0 bridgehead atoms. The smallest absolute Gasteiger partial charge is 0.184 e.